The summed E-state index contributed by atoms with van der Waals surface area (Å²) < 4.78 is 0. The number of pyridine rings is 1. The Kier molecular flexibility index (Phi) is 5.18. The molecule has 1 heterocycles. The zero-order valence-corrected chi connectivity index (χ0v) is 14.1. The maximum Gasteiger partial charge on any atom is 0.172 e. The SMILES string of the molecule is NC(=S)N(Cc1ccccc1)c1cccc(Cc2ccccc2)n1. The van der Waals surface area contributed by atoms with Crippen LogP contribution in [0.15, 0.2) is 78.9 Å². The van der Waals surface area contributed by atoms with E-state index in [1.165, 1.54) is 5.56 Å². The second-order valence-corrected chi connectivity index (χ2v) is 5.98. The van der Waals surface area contributed by atoms with E-state index in [-0.39, 0.29) is 0 Å². The number of hydrogen-bond donors (Lipinski definition) is 1. The van der Waals surface area contributed by atoms with Gasteiger partial charge in [0.2, 0.25) is 0 Å². The first-order valence-electron chi connectivity index (χ1n) is 7.83. The molecule has 24 heavy (non-hydrogen) atoms. The average Bonchev–Trinajstić information content (AvgIpc) is 2.61. The molecule has 0 aliphatic rings. The van der Waals surface area contributed by atoms with Gasteiger partial charge in [-0.15, -0.1) is 0 Å². The van der Waals surface area contributed by atoms with Gasteiger partial charge in [0.05, 0.1) is 6.54 Å². The van der Waals surface area contributed by atoms with Crippen molar-refractivity contribution in [2.45, 2.75) is 13.0 Å². The Morgan fingerprint density at radius 1 is 0.833 bits per heavy atom. The maximum atomic E-state index is 5.94. The molecule has 0 spiro atoms. The lowest BCUT2D eigenvalue weighted by Gasteiger charge is -2.22. The van der Waals surface area contributed by atoms with Gasteiger partial charge in [-0.1, -0.05) is 66.7 Å². The molecule has 1 aromatic heterocycles. The Morgan fingerprint density at radius 2 is 1.46 bits per heavy atom. The van der Waals surface area contributed by atoms with Crippen LogP contribution in [0.4, 0.5) is 5.82 Å². The molecule has 0 aliphatic carbocycles. The summed E-state index contributed by atoms with van der Waals surface area (Å²) in [4.78, 5) is 6.60. The van der Waals surface area contributed by atoms with Gasteiger partial charge in [-0.3, -0.25) is 4.90 Å². The van der Waals surface area contributed by atoms with E-state index in [2.05, 4.69) is 24.3 Å². The number of anilines is 1. The largest absolute Gasteiger partial charge is 0.376 e. The van der Waals surface area contributed by atoms with Crippen molar-refractivity contribution in [3.63, 3.8) is 0 Å². The van der Waals surface area contributed by atoms with E-state index >= 15 is 0 Å². The minimum atomic E-state index is 0.322. The molecule has 4 heteroatoms. The predicted molar refractivity (Wildman–Crippen MR) is 103 cm³/mol. The second-order valence-electron chi connectivity index (χ2n) is 5.56. The minimum Gasteiger partial charge on any atom is -0.376 e. The van der Waals surface area contributed by atoms with Crippen LogP contribution < -0.4 is 10.6 Å². The van der Waals surface area contributed by atoms with E-state index < -0.39 is 0 Å². The predicted octanol–water partition coefficient (Wildman–Crippen LogP) is 3.92. The fourth-order valence-corrected chi connectivity index (χ4v) is 2.72. The molecule has 3 aromatic rings. The Bertz CT molecular complexity index is 803. The highest BCUT2D eigenvalue weighted by Gasteiger charge is 2.12. The first-order chi connectivity index (χ1) is 11.7. The summed E-state index contributed by atoms with van der Waals surface area (Å²) in [6.07, 6.45) is 0.783. The van der Waals surface area contributed by atoms with Gasteiger partial charge in [0.15, 0.2) is 5.11 Å². The molecule has 0 aliphatic heterocycles. The van der Waals surface area contributed by atoms with Gasteiger partial charge < -0.3 is 5.73 Å². The van der Waals surface area contributed by atoms with Crippen molar-refractivity contribution in [3.8, 4) is 0 Å². The number of hydrogen-bond acceptors (Lipinski definition) is 2. The van der Waals surface area contributed by atoms with E-state index in [4.69, 9.17) is 22.9 Å². The summed E-state index contributed by atoms with van der Waals surface area (Å²) >= 11 is 5.23. The van der Waals surface area contributed by atoms with Crippen LogP contribution in [0.5, 0.6) is 0 Å². The number of nitrogens with two attached hydrogens (primary N) is 1. The Balaban J connectivity index is 1.83. The Labute approximate surface area is 147 Å². The van der Waals surface area contributed by atoms with Crippen LogP contribution in [0.2, 0.25) is 0 Å². The topological polar surface area (TPSA) is 42.1 Å². The fourth-order valence-electron chi connectivity index (χ4n) is 2.56. The van der Waals surface area contributed by atoms with E-state index in [1.807, 2.05) is 59.5 Å². The van der Waals surface area contributed by atoms with Crippen LogP contribution in [0, 0.1) is 0 Å². The van der Waals surface area contributed by atoms with Crippen molar-refractivity contribution in [1.29, 1.82) is 0 Å². The molecule has 3 nitrogen and oxygen atoms in total. The zero-order chi connectivity index (χ0) is 16.8. The van der Waals surface area contributed by atoms with E-state index in [9.17, 15) is 0 Å². The third-order valence-corrected chi connectivity index (χ3v) is 3.97. The number of rotatable bonds is 5. The van der Waals surface area contributed by atoms with Crippen LogP contribution in [-0.2, 0) is 13.0 Å². The summed E-state index contributed by atoms with van der Waals surface area (Å²) in [5.41, 5.74) is 9.30. The molecule has 120 valence electrons. The molecule has 2 N–H and O–H groups in total. The lowest BCUT2D eigenvalue weighted by molar-refractivity contribution is 0.956. The lowest BCUT2D eigenvalue weighted by atomic mass is 10.1. The number of aromatic nitrogens is 1. The minimum absolute atomic E-state index is 0.322. The van der Waals surface area contributed by atoms with Crippen LogP contribution in [0.3, 0.4) is 0 Å². The summed E-state index contributed by atoms with van der Waals surface area (Å²) in [5.74, 6) is 0.778. The lowest BCUT2D eigenvalue weighted by Crippen LogP contribution is -2.35. The fraction of sp³-hybridized carbons (Fsp3) is 0.100. The molecule has 0 saturated carbocycles. The maximum absolute atomic E-state index is 5.94. The highest BCUT2D eigenvalue weighted by atomic mass is 32.1. The van der Waals surface area contributed by atoms with Crippen LogP contribution in [0.1, 0.15) is 16.8 Å². The van der Waals surface area contributed by atoms with Gasteiger partial charge in [0.1, 0.15) is 5.82 Å². The number of benzene rings is 2. The molecule has 0 atom stereocenters. The summed E-state index contributed by atoms with van der Waals surface area (Å²) in [5, 5.41) is 0.322. The van der Waals surface area contributed by atoms with Gasteiger partial charge in [0.25, 0.3) is 0 Å². The number of nitrogens with zero attached hydrogens (tertiary/aromatic N) is 2. The first kappa shape index (κ1) is 16.1. The van der Waals surface area contributed by atoms with Gasteiger partial charge >= 0.3 is 0 Å². The molecule has 0 fully saturated rings. The summed E-state index contributed by atoms with van der Waals surface area (Å²) in [6.45, 7) is 0.609. The molecule has 0 bridgehead atoms. The Morgan fingerprint density at radius 3 is 2.08 bits per heavy atom. The Hall–Kier alpha value is -2.72. The van der Waals surface area contributed by atoms with Crippen molar-refractivity contribution in [2.24, 2.45) is 5.73 Å². The molecule has 3 rings (SSSR count). The molecule has 0 amide bonds. The van der Waals surface area contributed by atoms with Gasteiger partial charge in [-0.2, -0.15) is 0 Å². The third-order valence-electron chi connectivity index (χ3n) is 3.75. The molecular weight excluding hydrogens is 314 g/mol. The highest BCUT2D eigenvalue weighted by Crippen LogP contribution is 2.17. The van der Waals surface area contributed by atoms with E-state index in [1.54, 1.807) is 0 Å². The average molecular weight is 333 g/mol. The smallest absolute Gasteiger partial charge is 0.172 e. The summed E-state index contributed by atoms with van der Waals surface area (Å²) in [7, 11) is 0. The number of thiocarbonyl (C=S) groups is 1. The second kappa shape index (κ2) is 7.70. The standard InChI is InChI=1S/C20H19N3S/c21-20(24)23(15-17-10-5-2-6-11-17)19-13-7-12-18(22-19)14-16-8-3-1-4-9-16/h1-13H,14-15H2,(H2,21,24). The van der Waals surface area contributed by atoms with Gasteiger partial charge in [-0.25, -0.2) is 4.98 Å². The highest BCUT2D eigenvalue weighted by molar-refractivity contribution is 7.80. The van der Waals surface area contributed by atoms with Crippen LogP contribution in [-0.4, -0.2) is 10.1 Å². The van der Waals surface area contributed by atoms with Gasteiger partial charge in [-0.05, 0) is 35.5 Å². The normalized spacial score (nSPS) is 10.3. The van der Waals surface area contributed by atoms with Crippen molar-refractivity contribution < 1.29 is 0 Å². The van der Waals surface area contributed by atoms with Crippen molar-refractivity contribution >= 4 is 23.1 Å². The molecule has 0 radical (unpaired) electrons. The van der Waals surface area contributed by atoms with Crippen LogP contribution >= 0.6 is 12.2 Å². The monoisotopic (exact) mass is 333 g/mol. The zero-order valence-electron chi connectivity index (χ0n) is 13.3. The quantitative estimate of drug-likeness (QED) is 0.719. The third kappa shape index (κ3) is 4.18. The van der Waals surface area contributed by atoms with Crippen molar-refractivity contribution in [3.05, 3.63) is 95.7 Å². The molecule has 0 unspecified atom stereocenters. The first-order valence-corrected chi connectivity index (χ1v) is 8.24. The van der Waals surface area contributed by atoms with E-state index in [0.717, 1.165) is 23.5 Å². The van der Waals surface area contributed by atoms with Crippen molar-refractivity contribution in [2.75, 3.05) is 4.90 Å². The van der Waals surface area contributed by atoms with E-state index in [0.29, 0.717) is 11.7 Å². The summed E-state index contributed by atoms with van der Waals surface area (Å²) in [6, 6.07) is 26.4. The molecular formula is C20H19N3S. The molecule has 2 aromatic carbocycles. The van der Waals surface area contributed by atoms with Crippen LogP contribution in [0.25, 0.3) is 0 Å². The molecule has 0 saturated heterocycles. The van der Waals surface area contributed by atoms with Crippen molar-refractivity contribution in [1.82, 2.24) is 4.98 Å². The van der Waals surface area contributed by atoms with Gasteiger partial charge in [0, 0.05) is 12.1 Å².